The number of benzene rings is 1. The molecule has 0 aromatic heterocycles. The van der Waals surface area contributed by atoms with Gasteiger partial charge >= 0.3 is 0 Å². The number of hydrogen-bond acceptors (Lipinski definition) is 5. The fourth-order valence-electron chi connectivity index (χ4n) is 3.67. The second-order valence-corrected chi connectivity index (χ2v) is 6.87. The van der Waals surface area contributed by atoms with Crippen LogP contribution in [0.1, 0.15) is 31.2 Å². The molecular formula is C19H25N3O3. The summed E-state index contributed by atoms with van der Waals surface area (Å²) in [6.45, 7) is 3.76. The number of ether oxygens (including phenoxy) is 1. The molecule has 6 heteroatoms. The van der Waals surface area contributed by atoms with Crippen LogP contribution in [0.2, 0.25) is 0 Å². The number of carbonyl (C=O) groups excluding carboxylic acids is 1. The molecule has 2 fully saturated rings. The molecule has 1 amide bonds. The predicted molar refractivity (Wildman–Crippen MR) is 93.1 cm³/mol. The molecule has 1 aromatic carbocycles. The van der Waals surface area contributed by atoms with Crippen molar-refractivity contribution in [1.82, 2.24) is 9.80 Å². The summed E-state index contributed by atoms with van der Waals surface area (Å²) in [4.78, 5) is 16.5. The van der Waals surface area contributed by atoms with Gasteiger partial charge in [-0.05, 0) is 44.4 Å². The van der Waals surface area contributed by atoms with Crippen molar-refractivity contribution < 1.29 is 14.6 Å². The SMILES string of the molecule is N#Cc1ccccc1OCCN1CCCC(O)(C(=O)N2CCCC2)C1. The molecule has 6 nitrogen and oxygen atoms in total. The lowest BCUT2D eigenvalue weighted by atomic mass is 9.91. The summed E-state index contributed by atoms with van der Waals surface area (Å²) in [5.41, 5.74) is -0.755. The Hall–Kier alpha value is -2.10. The van der Waals surface area contributed by atoms with E-state index >= 15 is 0 Å². The Morgan fingerprint density at radius 3 is 2.76 bits per heavy atom. The number of aliphatic hydroxyl groups is 1. The number of β-amino-alcohol motifs (C(OH)–C–C–N with tert-alkyl or cyclic N) is 1. The van der Waals surface area contributed by atoms with E-state index in [1.165, 1.54) is 0 Å². The molecule has 2 aliphatic rings. The number of para-hydroxylation sites is 1. The second kappa shape index (κ2) is 7.85. The number of nitriles is 1. The smallest absolute Gasteiger partial charge is 0.255 e. The first-order chi connectivity index (χ1) is 12.1. The van der Waals surface area contributed by atoms with E-state index < -0.39 is 5.60 Å². The Balaban J connectivity index is 1.53. The zero-order chi connectivity index (χ0) is 17.7. The number of piperidine rings is 1. The van der Waals surface area contributed by atoms with E-state index in [9.17, 15) is 9.90 Å². The summed E-state index contributed by atoms with van der Waals surface area (Å²) < 4.78 is 5.72. The first kappa shape index (κ1) is 17.7. The summed E-state index contributed by atoms with van der Waals surface area (Å²) in [5, 5.41) is 19.9. The highest BCUT2D eigenvalue weighted by molar-refractivity contribution is 5.85. The second-order valence-electron chi connectivity index (χ2n) is 6.87. The van der Waals surface area contributed by atoms with Crippen LogP contribution in [-0.4, -0.2) is 65.7 Å². The van der Waals surface area contributed by atoms with Gasteiger partial charge in [0.05, 0.1) is 5.56 Å². The van der Waals surface area contributed by atoms with Crippen LogP contribution in [0.3, 0.4) is 0 Å². The normalized spacial score (nSPS) is 24.1. The van der Waals surface area contributed by atoms with E-state index in [4.69, 9.17) is 10.00 Å². The van der Waals surface area contributed by atoms with Crippen molar-refractivity contribution in [3.8, 4) is 11.8 Å². The third-order valence-electron chi connectivity index (χ3n) is 5.01. The van der Waals surface area contributed by atoms with Crippen molar-refractivity contribution in [2.75, 3.05) is 39.3 Å². The lowest BCUT2D eigenvalue weighted by Gasteiger charge is -2.39. The number of amides is 1. The molecular weight excluding hydrogens is 318 g/mol. The van der Waals surface area contributed by atoms with Crippen LogP contribution in [0, 0.1) is 11.3 Å². The minimum Gasteiger partial charge on any atom is -0.491 e. The molecule has 1 unspecified atom stereocenters. The minimum absolute atomic E-state index is 0.120. The van der Waals surface area contributed by atoms with Crippen molar-refractivity contribution >= 4 is 5.91 Å². The third kappa shape index (κ3) is 4.12. The van der Waals surface area contributed by atoms with E-state index in [2.05, 4.69) is 11.0 Å². The summed E-state index contributed by atoms with van der Waals surface area (Å²) in [6, 6.07) is 9.26. The molecule has 134 valence electrons. The number of likely N-dealkylation sites (tertiary alicyclic amines) is 2. The minimum atomic E-state index is -1.27. The summed E-state index contributed by atoms with van der Waals surface area (Å²) in [6.07, 6.45) is 3.37. The Morgan fingerprint density at radius 2 is 2.00 bits per heavy atom. The highest BCUT2D eigenvalue weighted by Crippen LogP contribution is 2.25. The fraction of sp³-hybridized carbons (Fsp3) is 0.579. The molecule has 0 radical (unpaired) electrons. The third-order valence-corrected chi connectivity index (χ3v) is 5.01. The van der Waals surface area contributed by atoms with Gasteiger partial charge in [-0.15, -0.1) is 0 Å². The highest BCUT2D eigenvalue weighted by Gasteiger charge is 2.43. The topological polar surface area (TPSA) is 76.8 Å². The van der Waals surface area contributed by atoms with E-state index in [-0.39, 0.29) is 5.91 Å². The van der Waals surface area contributed by atoms with Gasteiger partial charge < -0.3 is 14.7 Å². The van der Waals surface area contributed by atoms with Crippen LogP contribution in [0.4, 0.5) is 0 Å². The molecule has 2 saturated heterocycles. The van der Waals surface area contributed by atoms with Gasteiger partial charge in [0.1, 0.15) is 18.4 Å². The van der Waals surface area contributed by atoms with Gasteiger partial charge in [0.15, 0.2) is 5.60 Å². The molecule has 25 heavy (non-hydrogen) atoms. The number of rotatable bonds is 5. The van der Waals surface area contributed by atoms with E-state index in [1.54, 1.807) is 23.1 Å². The van der Waals surface area contributed by atoms with Gasteiger partial charge in [0.2, 0.25) is 0 Å². The Labute approximate surface area is 148 Å². The van der Waals surface area contributed by atoms with E-state index in [0.29, 0.717) is 37.4 Å². The summed E-state index contributed by atoms with van der Waals surface area (Å²) in [5.74, 6) is 0.454. The lowest BCUT2D eigenvalue weighted by molar-refractivity contribution is -0.156. The van der Waals surface area contributed by atoms with Crippen molar-refractivity contribution in [2.24, 2.45) is 0 Å². The number of nitrogens with zero attached hydrogens (tertiary/aromatic N) is 3. The van der Waals surface area contributed by atoms with Crippen LogP contribution in [0.5, 0.6) is 5.75 Å². The molecule has 0 aliphatic carbocycles. The van der Waals surface area contributed by atoms with Gasteiger partial charge in [-0.3, -0.25) is 9.69 Å². The van der Waals surface area contributed by atoms with Crippen molar-refractivity contribution in [3.05, 3.63) is 29.8 Å². The maximum Gasteiger partial charge on any atom is 0.255 e. The maximum atomic E-state index is 12.6. The maximum absolute atomic E-state index is 12.6. The predicted octanol–water partition coefficient (Wildman–Crippen LogP) is 1.39. The average Bonchev–Trinajstić information content (AvgIpc) is 3.16. The first-order valence-electron chi connectivity index (χ1n) is 8.98. The van der Waals surface area contributed by atoms with Crippen molar-refractivity contribution in [3.63, 3.8) is 0 Å². The molecule has 2 aliphatic heterocycles. The van der Waals surface area contributed by atoms with Crippen LogP contribution < -0.4 is 4.74 Å². The molecule has 3 rings (SSSR count). The average molecular weight is 343 g/mol. The molecule has 0 spiro atoms. The number of hydrogen-bond donors (Lipinski definition) is 1. The van der Waals surface area contributed by atoms with Gasteiger partial charge in [-0.1, -0.05) is 12.1 Å². The Bertz CT molecular complexity index is 652. The summed E-state index contributed by atoms with van der Waals surface area (Å²) in [7, 11) is 0. The molecule has 1 aromatic rings. The Morgan fingerprint density at radius 1 is 1.24 bits per heavy atom. The zero-order valence-electron chi connectivity index (χ0n) is 14.5. The van der Waals surface area contributed by atoms with Gasteiger partial charge in [0.25, 0.3) is 5.91 Å². The number of carbonyl (C=O) groups is 1. The largest absolute Gasteiger partial charge is 0.491 e. The van der Waals surface area contributed by atoms with E-state index in [0.717, 1.165) is 38.9 Å². The zero-order valence-corrected chi connectivity index (χ0v) is 14.5. The van der Waals surface area contributed by atoms with Crippen LogP contribution in [0.25, 0.3) is 0 Å². The molecule has 1 N–H and O–H groups in total. The standard InChI is InChI=1S/C19H25N3O3/c20-14-16-6-1-2-7-17(16)25-13-12-21-9-5-8-19(24,15-21)18(23)22-10-3-4-11-22/h1-2,6-7,24H,3-5,8-13,15H2. The first-order valence-corrected chi connectivity index (χ1v) is 8.98. The van der Waals surface area contributed by atoms with E-state index in [1.807, 2.05) is 6.07 Å². The summed E-state index contributed by atoms with van der Waals surface area (Å²) >= 11 is 0. The monoisotopic (exact) mass is 343 g/mol. The van der Waals surface area contributed by atoms with Crippen LogP contribution >= 0.6 is 0 Å². The van der Waals surface area contributed by atoms with Crippen molar-refractivity contribution in [2.45, 2.75) is 31.3 Å². The van der Waals surface area contributed by atoms with Crippen molar-refractivity contribution in [1.29, 1.82) is 5.26 Å². The fourth-order valence-corrected chi connectivity index (χ4v) is 3.67. The molecule has 2 heterocycles. The highest BCUT2D eigenvalue weighted by atomic mass is 16.5. The van der Waals surface area contributed by atoms with Crippen LogP contribution in [0.15, 0.2) is 24.3 Å². The van der Waals surface area contributed by atoms with Gasteiger partial charge in [-0.2, -0.15) is 5.26 Å². The Kier molecular flexibility index (Phi) is 5.57. The van der Waals surface area contributed by atoms with Gasteiger partial charge in [-0.25, -0.2) is 0 Å². The molecule has 1 atom stereocenters. The molecule has 0 saturated carbocycles. The van der Waals surface area contributed by atoms with Crippen LogP contribution in [-0.2, 0) is 4.79 Å². The van der Waals surface area contributed by atoms with Gasteiger partial charge in [0, 0.05) is 26.2 Å². The molecule has 0 bridgehead atoms. The lowest BCUT2D eigenvalue weighted by Crippen LogP contribution is -2.58. The quantitative estimate of drug-likeness (QED) is 0.874.